The predicted octanol–water partition coefficient (Wildman–Crippen LogP) is 3.83. The van der Waals surface area contributed by atoms with Crippen LogP contribution >= 0.6 is 0 Å². The molecule has 0 saturated carbocycles. The molecule has 0 heterocycles. The molecule has 0 bridgehead atoms. The van der Waals surface area contributed by atoms with Gasteiger partial charge < -0.3 is 9.50 Å². The average molecular weight is 399 g/mol. The molecule has 0 spiro atoms. The predicted molar refractivity (Wildman–Crippen MR) is 103 cm³/mol. The number of nitrogens with one attached hydrogen (secondary N) is 1. The van der Waals surface area contributed by atoms with E-state index >= 15 is 0 Å². The second-order valence-corrected chi connectivity index (χ2v) is 7.66. The first kappa shape index (κ1) is 19.6. The molecule has 5 nitrogen and oxygen atoms in total. The Morgan fingerprint density at radius 3 is 2.50 bits per heavy atom. The Labute approximate surface area is 162 Å². The summed E-state index contributed by atoms with van der Waals surface area (Å²) in [4.78, 5) is 12.1. The van der Waals surface area contributed by atoms with Crippen LogP contribution in [0.25, 0.3) is 0 Å². The first-order valence-electron chi connectivity index (χ1n) is 8.48. The molecule has 0 fully saturated rings. The average Bonchev–Trinajstić information content (AvgIpc) is 2.68. The molecule has 3 aromatic rings. The molecule has 1 N–H and O–H groups in total. The molecule has 0 unspecified atom stereocenters. The van der Waals surface area contributed by atoms with Crippen molar-refractivity contribution in [2.24, 2.45) is 0 Å². The third-order valence-corrected chi connectivity index (χ3v) is 5.41. The minimum atomic E-state index is -4.24. The van der Waals surface area contributed by atoms with Gasteiger partial charge in [-0.15, -0.1) is 0 Å². The number of carbonyl (C=O) groups is 1. The van der Waals surface area contributed by atoms with Gasteiger partial charge in [-0.25, -0.2) is 4.39 Å². The molecule has 0 radical (unpaired) electrons. The molecule has 3 aromatic carbocycles. The van der Waals surface area contributed by atoms with E-state index in [9.17, 15) is 17.6 Å². The van der Waals surface area contributed by atoms with Crippen molar-refractivity contribution in [2.45, 2.75) is 18.4 Å². The lowest BCUT2D eigenvalue weighted by molar-refractivity contribution is 0.0950. The molecular formula is C21H18FNO4S. The summed E-state index contributed by atoms with van der Waals surface area (Å²) < 4.78 is 43.5. The van der Waals surface area contributed by atoms with Crippen molar-refractivity contribution >= 4 is 16.0 Å². The first-order valence-corrected chi connectivity index (χ1v) is 9.89. The van der Waals surface area contributed by atoms with Gasteiger partial charge in [0.05, 0.1) is 0 Å². The summed E-state index contributed by atoms with van der Waals surface area (Å²) in [6, 6.07) is 18.6. The van der Waals surface area contributed by atoms with Crippen molar-refractivity contribution in [1.82, 2.24) is 5.32 Å². The molecular weight excluding hydrogens is 381 g/mol. The van der Waals surface area contributed by atoms with E-state index in [0.717, 1.165) is 11.6 Å². The lowest BCUT2D eigenvalue weighted by Crippen LogP contribution is -2.22. The summed E-state index contributed by atoms with van der Waals surface area (Å²) in [5.41, 5.74) is 1.55. The summed E-state index contributed by atoms with van der Waals surface area (Å²) in [6.45, 7) is 1.88. The maximum Gasteiger partial charge on any atom is 0.339 e. The Hall–Kier alpha value is -3.19. The molecule has 144 valence electrons. The van der Waals surface area contributed by atoms with Crippen LogP contribution in [0.4, 0.5) is 4.39 Å². The van der Waals surface area contributed by atoms with Gasteiger partial charge in [-0.1, -0.05) is 42.5 Å². The highest BCUT2D eigenvalue weighted by molar-refractivity contribution is 7.87. The zero-order valence-electron chi connectivity index (χ0n) is 15.1. The molecule has 0 aliphatic heterocycles. The number of hydrogen-bond donors (Lipinski definition) is 1. The fourth-order valence-corrected chi connectivity index (χ4v) is 3.75. The highest BCUT2D eigenvalue weighted by atomic mass is 32.2. The number of halogens is 1. The van der Waals surface area contributed by atoms with Gasteiger partial charge in [0.15, 0.2) is 0 Å². The summed E-state index contributed by atoms with van der Waals surface area (Å²) in [5.74, 6) is -1.08. The summed E-state index contributed by atoms with van der Waals surface area (Å²) >= 11 is 0. The molecule has 0 aromatic heterocycles. The van der Waals surface area contributed by atoms with E-state index in [4.69, 9.17) is 4.18 Å². The lowest BCUT2D eigenvalue weighted by Gasteiger charge is -2.11. The van der Waals surface area contributed by atoms with Crippen molar-refractivity contribution in [1.29, 1.82) is 0 Å². The SMILES string of the molecule is Cc1ccc(F)cc1S(=O)(=O)Oc1cccc(C(=O)NCc2ccccc2)c1. The van der Waals surface area contributed by atoms with Crippen LogP contribution in [-0.4, -0.2) is 14.3 Å². The Morgan fingerprint density at radius 1 is 1.00 bits per heavy atom. The standard InChI is InChI=1S/C21H18FNO4S/c1-15-10-11-18(22)13-20(15)28(25,26)27-19-9-5-8-17(12-19)21(24)23-14-16-6-3-2-4-7-16/h2-13H,14H2,1H3,(H,23,24). The van der Waals surface area contributed by atoms with Gasteiger partial charge in [0, 0.05) is 12.1 Å². The topological polar surface area (TPSA) is 72.5 Å². The third-order valence-electron chi connectivity index (χ3n) is 4.02. The normalized spacial score (nSPS) is 11.1. The van der Waals surface area contributed by atoms with Crippen LogP contribution in [0, 0.1) is 12.7 Å². The zero-order chi connectivity index (χ0) is 20.1. The van der Waals surface area contributed by atoms with E-state index in [2.05, 4.69) is 5.32 Å². The fraction of sp³-hybridized carbons (Fsp3) is 0.0952. The second kappa shape index (κ2) is 8.22. The zero-order valence-corrected chi connectivity index (χ0v) is 15.9. The van der Waals surface area contributed by atoms with Crippen LogP contribution in [0.1, 0.15) is 21.5 Å². The molecule has 1 amide bonds. The fourth-order valence-electron chi connectivity index (χ4n) is 2.58. The van der Waals surface area contributed by atoms with E-state index in [-0.39, 0.29) is 22.1 Å². The van der Waals surface area contributed by atoms with Crippen molar-refractivity contribution < 1.29 is 21.8 Å². The summed E-state index contributed by atoms with van der Waals surface area (Å²) in [6.07, 6.45) is 0. The van der Waals surface area contributed by atoms with Gasteiger partial charge in [0.2, 0.25) is 0 Å². The highest BCUT2D eigenvalue weighted by Gasteiger charge is 2.20. The van der Waals surface area contributed by atoms with Gasteiger partial charge in [0.1, 0.15) is 16.5 Å². The minimum absolute atomic E-state index is 0.0315. The van der Waals surface area contributed by atoms with Crippen LogP contribution in [0.2, 0.25) is 0 Å². The number of benzene rings is 3. The number of rotatable bonds is 6. The van der Waals surface area contributed by atoms with Crippen LogP contribution in [-0.2, 0) is 16.7 Å². The quantitative estimate of drug-likeness (QED) is 0.640. The van der Waals surface area contributed by atoms with Crippen molar-refractivity contribution in [2.75, 3.05) is 0 Å². The second-order valence-electron chi connectivity index (χ2n) is 6.14. The largest absolute Gasteiger partial charge is 0.379 e. The van der Waals surface area contributed by atoms with Gasteiger partial charge in [-0.2, -0.15) is 8.42 Å². The number of amides is 1. The smallest absolute Gasteiger partial charge is 0.339 e. The van der Waals surface area contributed by atoms with Gasteiger partial charge in [0.25, 0.3) is 5.91 Å². The van der Waals surface area contributed by atoms with Crippen molar-refractivity contribution in [3.05, 3.63) is 95.3 Å². The monoisotopic (exact) mass is 399 g/mol. The number of aryl methyl sites for hydroxylation is 1. The number of hydrogen-bond acceptors (Lipinski definition) is 4. The van der Waals surface area contributed by atoms with Gasteiger partial charge >= 0.3 is 10.1 Å². The molecule has 0 saturated heterocycles. The maximum atomic E-state index is 13.4. The van der Waals surface area contributed by atoms with Crippen LogP contribution in [0.5, 0.6) is 5.75 Å². The minimum Gasteiger partial charge on any atom is -0.379 e. The van der Waals surface area contributed by atoms with E-state index < -0.39 is 15.9 Å². The van der Waals surface area contributed by atoms with E-state index in [1.165, 1.54) is 30.3 Å². The molecule has 0 aliphatic rings. The van der Waals surface area contributed by atoms with Crippen molar-refractivity contribution in [3.8, 4) is 5.75 Å². The highest BCUT2D eigenvalue weighted by Crippen LogP contribution is 2.23. The molecule has 3 rings (SSSR count). The Bertz CT molecular complexity index is 1100. The van der Waals surface area contributed by atoms with Crippen molar-refractivity contribution in [3.63, 3.8) is 0 Å². The number of carbonyl (C=O) groups excluding carboxylic acids is 1. The molecule has 7 heteroatoms. The third kappa shape index (κ3) is 4.75. The molecule has 0 aliphatic carbocycles. The van der Waals surface area contributed by atoms with E-state index in [1.807, 2.05) is 30.3 Å². The Kier molecular flexibility index (Phi) is 5.75. The summed E-state index contributed by atoms with van der Waals surface area (Å²) in [7, 11) is -4.24. The van der Waals surface area contributed by atoms with E-state index in [0.29, 0.717) is 12.1 Å². The van der Waals surface area contributed by atoms with Gasteiger partial charge in [-0.05, 0) is 48.4 Å². The lowest BCUT2D eigenvalue weighted by atomic mass is 10.2. The maximum absolute atomic E-state index is 13.4. The van der Waals surface area contributed by atoms with Gasteiger partial charge in [-0.3, -0.25) is 4.79 Å². The van der Waals surface area contributed by atoms with Crippen LogP contribution < -0.4 is 9.50 Å². The molecule has 28 heavy (non-hydrogen) atoms. The van der Waals surface area contributed by atoms with Crippen LogP contribution in [0.15, 0.2) is 77.7 Å². The summed E-state index contributed by atoms with van der Waals surface area (Å²) in [5, 5.41) is 2.76. The Balaban J connectivity index is 1.75. The Morgan fingerprint density at radius 2 is 1.75 bits per heavy atom. The van der Waals surface area contributed by atoms with Crippen LogP contribution in [0.3, 0.4) is 0 Å². The molecule has 0 atom stereocenters. The first-order chi connectivity index (χ1) is 13.3. The van der Waals surface area contributed by atoms with E-state index in [1.54, 1.807) is 13.0 Å².